The van der Waals surface area contributed by atoms with Gasteiger partial charge in [0, 0.05) is 6.54 Å². The summed E-state index contributed by atoms with van der Waals surface area (Å²) in [6, 6.07) is -10.3. The van der Waals surface area contributed by atoms with E-state index in [1.165, 1.54) is 13.8 Å². The van der Waals surface area contributed by atoms with E-state index < -0.39 is 127 Å². The van der Waals surface area contributed by atoms with E-state index >= 15 is 0 Å². The fourth-order valence-corrected chi connectivity index (χ4v) is 5.23. The Labute approximate surface area is 345 Å². The molecule has 0 aromatic carbocycles. The third-order valence-electron chi connectivity index (χ3n) is 9.04. The summed E-state index contributed by atoms with van der Waals surface area (Å²) in [5.41, 5.74) is 16.8. The molecule has 0 aromatic rings. The SMILES string of the molecule is [2H]N(C(=O)[C@@H](N)[C@H](O)C(C)C)[C@@H](CC(C)C)C(=O)N[C@@H](CCCN=C(N)N)C(=O)N[C@H](C(=O)N[C@H](C(=O)NCC(=O)N[C@@H](C)C(=O)N[C@@H](CO)C(=O)O)[C@H](C)O)[C@@H](C)CC. The van der Waals surface area contributed by atoms with Crippen LogP contribution in [0.15, 0.2) is 4.99 Å². The number of guanidine groups is 1. The van der Waals surface area contributed by atoms with Gasteiger partial charge in [-0.1, -0.05) is 48.0 Å². The van der Waals surface area contributed by atoms with Crippen LogP contribution in [0.2, 0.25) is 1.41 Å². The molecule has 0 bridgehead atoms. The monoisotopic (exact) mass is 847 g/mol. The van der Waals surface area contributed by atoms with Gasteiger partial charge in [-0.2, -0.15) is 0 Å². The molecule has 59 heavy (non-hydrogen) atoms. The fourth-order valence-electron chi connectivity index (χ4n) is 5.23. The number of carbonyl (C=O) groups is 8. The van der Waals surface area contributed by atoms with Crippen molar-refractivity contribution in [2.75, 3.05) is 19.7 Å². The van der Waals surface area contributed by atoms with E-state index in [1.54, 1.807) is 41.5 Å². The van der Waals surface area contributed by atoms with Crippen LogP contribution in [0.1, 0.15) is 81.1 Å². The normalized spacial score (nSPS) is 16.5. The number of aliphatic hydroxyl groups excluding tert-OH is 3. The number of hydrogen-bond acceptors (Lipinski definition) is 13. The average molecular weight is 847 g/mol. The lowest BCUT2D eigenvalue weighted by molar-refractivity contribution is -0.143. The van der Waals surface area contributed by atoms with E-state index in [-0.39, 0.29) is 37.7 Å². The number of aliphatic hydroxyl groups is 3. The second-order valence-corrected chi connectivity index (χ2v) is 15.1. The third-order valence-corrected chi connectivity index (χ3v) is 9.04. The lowest BCUT2D eigenvalue weighted by Crippen LogP contribution is -2.61. The number of carboxylic acids is 1. The minimum absolute atomic E-state index is 0.0253. The average Bonchev–Trinajstić information content (AvgIpc) is 3.17. The van der Waals surface area contributed by atoms with E-state index in [9.17, 15) is 48.6 Å². The van der Waals surface area contributed by atoms with Gasteiger partial charge in [-0.15, -0.1) is 0 Å². The van der Waals surface area contributed by atoms with Crippen molar-refractivity contribution in [3.8, 4) is 0 Å². The van der Waals surface area contributed by atoms with Crippen molar-refractivity contribution in [3.63, 3.8) is 0 Å². The van der Waals surface area contributed by atoms with E-state index in [4.69, 9.17) is 28.8 Å². The topological polar surface area (TPSA) is 392 Å². The third kappa shape index (κ3) is 19.9. The van der Waals surface area contributed by atoms with Gasteiger partial charge in [0.1, 0.15) is 42.3 Å². The Morgan fingerprint density at radius 1 is 0.729 bits per heavy atom. The van der Waals surface area contributed by atoms with Crippen LogP contribution >= 0.6 is 0 Å². The zero-order valence-electron chi connectivity index (χ0n) is 36.1. The van der Waals surface area contributed by atoms with Crippen molar-refractivity contribution in [2.45, 2.75) is 136 Å². The molecule has 0 aliphatic rings. The summed E-state index contributed by atoms with van der Waals surface area (Å²) in [5.74, 6) is -9.58. The number of amides is 7. The molecule has 0 heterocycles. The molecule has 0 saturated heterocycles. The molecule has 23 nitrogen and oxygen atoms in total. The van der Waals surface area contributed by atoms with Gasteiger partial charge in [0.2, 0.25) is 41.4 Å². The first-order valence-electron chi connectivity index (χ1n) is 19.9. The largest absolute Gasteiger partial charge is 0.480 e. The lowest BCUT2D eigenvalue weighted by atomic mass is 9.96. The van der Waals surface area contributed by atoms with Gasteiger partial charge in [-0.05, 0) is 50.9 Å². The van der Waals surface area contributed by atoms with Crippen LogP contribution in [0, 0.1) is 17.8 Å². The van der Waals surface area contributed by atoms with Crippen LogP contribution in [0.5, 0.6) is 0 Å². The van der Waals surface area contributed by atoms with Crippen molar-refractivity contribution >= 4 is 53.3 Å². The zero-order valence-corrected chi connectivity index (χ0v) is 35.1. The second-order valence-electron chi connectivity index (χ2n) is 15.1. The standard InChI is InChI=1S/C36H67N11O12/c1-9-18(6)26(34(57)47-27(20(8)49)33(56)41-14-24(50)42-19(7)29(52)45-23(15-48)35(58)59)46-30(53)21(11-10-12-40-36(38)39)43-31(54)22(13-16(2)3)44-32(55)25(37)28(51)17(4)5/h16-23,25-28,48-49,51H,9-15,37H2,1-8H3,(H,41,56)(H,42,50)(H,43,54)(H,44,55)(H,45,52)(H,46,53)(H,47,57)(H,58,59)(H4,38,39,40)/t18-,19-,20-,21-,22-,23-,25-,26-,27-,28+/m0/s1/i/hD. The van der Waals surface area contributed by atoms with Crippen LogP contribution in [-0.2, 0) is 38.4 Å². The Bertz CT molecular complexity index is 1500. The molecule has 0 unspecified atom stereocenters. The number of nitrogens with two attached hydrogens (primary N) is 3. The van der Waals surface area contributed by atoms with Gasteiger partial charge < -0.3 is 74.8 Å². The van der Waals surface area contributed by atoms with Crippen LogP contribution in [0.4, 0.5) is 0 Å². The lowest BCUT2D eigenvalue weighted by Gasteiger charge is -2.30. The molecule has 10 atom stereocenters. The predicted molar refractivity (Wildman–Crippen MR) is 214 cm³/mol. The molecule has 338 valence electrons. The molecule has 17 N–H and O–H groups in total. The highest BCUT2D eigenvalue weighted by molar-refractivity contribution is 5.97. The Morgan fingerprint density at radius 3 is 1.78 bits per heavy atom. The number of rotatable bonds is 27. The molecule has 23 heteroatoms. The number of hydrogen-bond donors (Lipinski definition) is 14. The van der Waals surface area contributed by atoms with Gasteiger partial charge in [-0.25, -0.2) is 4.79 Å². The highest BCUT2D eigenvalue weighted by Crippen LogP contribution is 2.13. The van der Waals surface area contributed by atoms with Crippen molar-refractivity contribution in [3.05, 3.63) is 0 Å². The predicted octanol–water partition coefficient (Wildman–Crippen LogP) is -5.02. The molecule has 0 radical (unpaired) electrons. The molecule has 0 aliphatic heterocycles. The van der Waals surface area contributed by atoms with Crippen LogP contribution in [-0.4, -0.2) is 148 Å². The highest BCUT2D eigenvalue weighted by atomic mass is 16.4. The Kier molecular flexibility index (Phi) is 23.6. The number of nitrogens with zero attached hydrogens (tertiary/aromatic N) is 1. The summed E-state index contributed by atoms with van der Waals surface area (Å²) in [4.78, 5) is 107. The van der Waals surface area contributed by atoms with Gasteiger partial charge in [0.05, 0.1) is 25.4 Å². The molecule has 0 saturated carbocycles. The highest BCUT2D eigenvalue weighted by Gasteiger charge is 2.36. The Balaban J connectivity index is 6.24. The smallest absolute Gasteiger partial charge is 0.328 e. The fraction of sp³-hybridized carbons (Fsp3) is 0.750. The van der Waals surface area contributed by atoms with Crippen molar-refractivity contribution in [1.29, 1.82) is 0 Å². The summed E-state index contributed by atoms with van der Waals surface area (Å²) >= 11 is 0. The minimum Gasteiger partial charge on any atom is -0.480 e. The second kappa shape index (κ2) is 26.8. The summed E-state index contributed by atoms with van der Waals surface area (Å²) in [6.45, 7) is 10.9. The Morgan fingerprint density at radius 2 is 1.29 bits per heavy atom. The first-order chi connectivity index (χ1) is 27.8. The molecular formula is C36H67N11O12. The molecular weight excluding hydrogens is 778 g/mol. The first kappa shape index (κ1) is 51.9. The molecule has 0 aromatic heterocycles. The van der Waals surface area contributed by atoms with Crippen LogP contribution < -0.4 is 54.4 Å². The van der Waals surface area contributed by atoms with Gasteiger partial charge >= 0.3 is 5.97 Å². The number of nitrogens with one attached hydrogen (secondary N) is 7. The number of aliphatic carboxylic acids is 1. The maximum Gasteiger partial charge on any atom is 0.328 e. The summed E-state index contributed by atoms with van der Waals surface area (Å²) in [5, 5.41) is 53.3. The van der Waals surface area contributed by atoms with Crippen LogP contribution in [0.3, 0.4) is 0 Å². The first-order valence-corrected chi connectivity index (χ1v) is 19.4. The van der Waals surface area contributed by atoms with Gasteiger partial charge in [0.15, 0.2) is 7.37 Å². The van der Waals surface area contributed by atoms with Gasteiger partial charge in [-0.3, -0.25) is 38.6 Å². The van der Waals surface area contributed by atoms with E-state index in [1.807, 2.05) is 5.32 Å². The minimum atomic E-state index is -1.66. The molecule has 0 spiro atoms. The quantitative estimate of drug-likeness (QED) is 0.0209. The van der Waals surface area contributed by atoms with Gasteiger partial charge in [0.25, 0.3) is 0 Å². The van der Waals surface area contributed by atoms with Crippen molar-refractivity contribution in [1.82, 2.24) is 37.2 Å². The molecule has 0 aliphatic carbocycles. The van der Waals surface area contributed by atoms with E-state index in [0.29, 0.717) is 11.7 Å². The van der Waals surface area contributed by atoms with E-state index in [2.05, 4.69) is 31.6 Å². The molecule has 0 fully saturated rings. The Hall–Kier alpha value is -5.13. The summed E-state index contributed by atoms with van der Waals surface area (Å²) in [6.07, 6.45) is -2.49. The number of carbonyl (C=O) groups excluding carboxylic acids is 7. The number of carboxylic acid groups (broad SMARTS) is 1. The zero-order chi connectivity index (χ0) is 46.6. The number of aliphatic imine (C=N–C) groups is 1. The van der Waals surface area contributed by atoms with E-state index in [0.717, 1.165) is 0 Å². The van der Waals surface area contributed by atoms with Crippen molar-refractivity contribution < 1.29 is 60.2 Å². The maximum atomic E-state index is 13.9. The molecule has 7 amide bonds. The van der Waals surface area contributed by atoms with Crippen LogP contribution in [0.25, 0.3) is 0 Å². The van der Waals surface area contributed by atoms with Crippen molar-refractivity contribution in [2.24, 2.45) is 39.9 Å². The summed E-state index contributed by atoms with van der Waals surface area (Å²) < 4.78 is 8.53. The maximum absolute atomic E-state index is 13.9. The molecule has 0 rings (SSSR count). The summed E-state index contributed by atoms with van der Waals surface area (Å²) in [7, 11) is 0.